The standard InChI is InChI=1S/C8H10BrN/c1-8(2)4-6(8)3-7(9)5-10/h3,6H,4H2,1-2H3/b7-3-. The van der Waals surface area contributed by atoms with Crippen LogP contribution in [0.3, 0.4) is 0 Å². The summed E-state index contributed by atoms with van der Waals surface area (Å²) in [5, 5.41) is 8.42. The molecule has 54 valence electrons. The lowest BCUT2D eigenvalue weighted by molar-refractivity contribution is 0.610. The normalized spacial score (nSPS) is 29.4. The van der Waals surface area contributed by atoms with Crippen LogP contribution in [0.25, 0.3) is 0 Å². The predicted molar refractivity (Wildman–Crippen MR) is 44.5 cm³/mol. The first-order valence-corrected chi connectivity index (χ1v) is 4.13. The molecule has 1 nitrogen and oxygen atoms in total. The number of hydrogen-bond donors (Lipinski definition) is 0. The second-order valence-corrected chi connectivity index (χ2v) is 4.28. The van der Waals surface area contributed by atoms with E-state index >= 15 is 0 Å². The number of allylic oxidation sites excluding steroid dienone is 2. The topological polar surface area (TPSA) is 23.8 Å². The molecule has 0 saturated heterocycles. The molecule has 1 fully saturated rings. The fraction of sp³-hybridized carbons (Fsp3) is 0.625. The Balaban J connectivity index is 2.52. The van der Waals surface area contributed by atoms with Crippen molar-refractivity contribution in [1.82, 2.24) is 0 Å². The number of nitriles is 1. The molecule has 1 atom stereocenters. The molecule has 10 heavy (non-hydrogen) atoms. The first-order chi connectivity index (χ1) is 4.56. The van der Waals surface area contributed by atoms with E-state index in [9.17, 15) is 0 Å². The molecule has 0 amide bonds. The van der Waals surface area contributed by atoms with E-state index in [0.717, 1.165) is 0 Å². The second kappa shape index (κ2) is 2.39. The summed E-state index contributed by atoms with van der Waals surface area (Å²) in [5.41, 5.74) is 0.440. The van der Waals surface area contributed by atoms with Crippen LogP contribution in [-0.2, 0) is 0 Å². The van der Waals surface area contributed by atoms with Crippen molar-refractivity contribution in [2.75, 3.05) is 0 Å². The zero-order valence-corrected chi connectivity index (χ0v) is 7.77. The van der Waals surface area contributed by atoms with Crippen LogP contribution >= 0.6 is 15.9 Å². The van der Waals surface area contributed by atoms with Gasteiger partial charge in [-0.1, -0.05) is 19.9 Å². The number of hydrogen-bond acceptors (Lipinski definition) is 1. The van der Waals surface area contributed by atoms with Gasteiger partial charge >= 0.3 is 0 Å². The van der Waals surface area contributed by atoms with Crippen molar-refractivity contribution in [1.29, 1.82) is 5.26 Å². The van der Waals surface area contributed by atoms with E-state index in [2.05, 4.69) is 35.8 Å². The van der Waals surface area contributed by atoms with Crippen LogP contribution in [0.5, 0.6) is 0 Å². The Morgan fingerprint density at radius 2 is 2.30 bits per heavy atom. The van der Waals surface area contributed by atoms with Crippen molar-refractivity contribution in [2.24, 2.45) is 11.3 Å². The highest BCUT2D eigenvalue weighted by Crippen LogP contribution is 2.53. The molecule has 0 spiro atoms. The lowest BCUT2D eigenvalue weighted by atomic mass is 10.1. The van der Waals surface area contributed by atoms with Gasteiger partial charge in [0.05, 0.1) is 4.48 Å². The van der Waals surface area contributed by atoms with Crippen LogP contribution < -0.4 is 0 Å². The highest BCUT2D eigenvalue weighted by Gasteiger charge is 2.43. The van der Waals surface area contributed by atoms with Crippen LogP contribution in [0.15, 0.2) is 10.6 Å². The molecule has 0 aromatic heterocycles. The van der Waals surface area contributed by atoms with Crippen LogP contribution in [0.4, 0.5) is 0 Å². The minimum absolute atomic E-state index is 0.440. The van der Waals surface area contributed by atoms with E-state index in [1.54, 1.807) is 0 Å². The van der Waals surface area contributed by atoms with Crippen molar-refractivity contribution in [3.05, 3.63) is 10.6 Å². The molecular weight excluding hydrogens is 190 g/mol. The van der Waals surface area contributed by atoms with Gasteiger partial charge in [0.1, 0.15) is 6.07 Å². The molecular formula is C8H10BrN. The Labute approximate surface area is 69.9 Å². The largest absolute Gasteiger partial charge is 0.192 e. The summed E-state index contributed by atoms with van der Waals surface area (Å²) in [6.07, 6.45) is 3.21. The zero-order chi connectivity index (χ0) is 7.78. The van der Waals surface area contributed by atoms with Gasteiger partial charge in [0.25, 0.3) is 0 Å². The summed E-state index contributed by atoms with van der Waals surface area (Å²) in [7, 11) is 0. The maximum Gasteiger partial charge on any atom is 0.106 e. The van der Waals surface area contributed by atoms with Crippen LogP contribution in [0.2, 0.25) is 0 Å². The number of nitrogens with zero attached hydrogens (tertiary/aromatic N) is 1. The van der Waals surface area contributed by atoms with Gasteiger partial charge in [-0.15, -0.1) is 0 Å². The minimum Gasteiger partial charge on any atom is -0.192 e. The van der Waals surface area contributed by atoms with E-state index in [1.165, 1.54) is 6.42 Å². The Bertz CT molecular complexity index is 210. The van der Waals surface area contributed by atoms with Gasteiger partial charge in [-0.25, -0.2) is 0 Å². The fourth-order valence-corrected chi connectivity index (χ4v) is 1.33. The molecule has 0 N–H and O–H groups in total. The van der Waals surface area contributed by atoms with E-state index in [-0.39, 0.29) is 0 Å². The summed E-state index contributed by atoms with van der Waals surface area (Å²) in [4.78, 5) is 0. The first-order valence-electron chi connectivity index (χ1n) is 3.34. The van der Waals surface area contributed by atoms with Gasteiger partial charge < -0.3 is 0 Å². The minimum atomic E-state index is 0.440. The molecule has 1 aliphatic carbocycles. The second-order valence-electron chi connectivity index (χ2n) is 3.43. The van der Waals surface area contributed by atoms with Crippen molar-refractivity contribution >= 4 is 15.9 Å². The molecule has 0 heterocycles. The maximum absolute atomic E-state index is 8.42. The molecule has 1 saturated carbocycles. The van der Waals surface area contributed by atoms with E-state index < -0.39 is 0 Å². The first kappa shape index (κ1) is 7.81. The van der Waals surface area contributed by atoms with Crippen molar-refractivity contribution in [3.8, 4) is 6.07 Å². The average Bonchev–Trinajstić information content (AvgIpc) is 2.40. The van der Waals surface area contributed by atoms with Gasteiger partial charge in [0.2, 0.25) is 0 Å². The van der Waals surface area contributed by atoms with E-state index in [1.807, 2.05) is 6.08 Å². The SMILES string of the molecule is CC1(C)CC1/C=C(\Br)C#N. The predicted octanol–water partition coefficient (Wildman–Crippen LogP) is 2.83. The molecule has 0 aromatic rings. The molecule has 1 aliphatic rings. The molecule has 2 heteroatoms. The third-order valence-corrected chi connectivity index (χ3v) is 2.49. The van der Waals surface area contributed by atoms with Gasteiger partial charge in [0, 0.05) is 0 Å². The summed E-state index contributed by atoms with van der Waals surface area (Å²) in [6, 6.07) is 2.05. The quantitative estimate of drug-likeness (QED) is 0.597. The lowest BCUT2D eigenvalue weighted by Crippen LogP contribution is -1.85. The van der Waals surface area contributed by atoms with Gasteiger partial charge in [-0.2, -0.15) is 5.26 Å². The van der Waals surface area contributed by atoms with Crippen molar-refractivity contribution < 1.29 is 0 Å². The molecule has 0 radical (unpaired) electrons. The van der Waals surface area contributed by atoms with E-state index in [4.69, 9.17) is 5.26 Å². The summed E-state index contributed by atoms with van der Waals surface area (Å²) >= 11 is 3.17. The zero-order valence-electron chi connectivity index (χ0n) is 6.19. The monoisotopic (exact) mass is 199 g/mol. The number of rotatable bonds is 1. The van der Waals surface area contributed by atoms with Crippen molar-refractivity contribution in [3.63, 3.8) is 0 Å². The smallest absolute Gasteiger partial charge is 0.106 e. The number of halogens is 1. The Morgan fingerprint density at radius 3 is 2.60 bits per heavy atom. The molecule has 0 aliphatic heterocycles. The van der Waals surface area contributed by atoms with Crippen LogP contribution in [0, 0.1) is 22.7 Å². The van der Waals surface area contributed by atoms with Gasteiger partial charge in [-0.3, -0.25) is 0 Å². The average molecular weight is 200 g/mol. The highest BCUT2D eigenvalue weighted by atomic mass is 79.9. The lowest BCUT2D eigenvalue weighted by Gasteiger charge is -1.94. The Kier molecular flexibility index (Phi) is 1.87. The van der Waals surface area contributed by atoms with Crippen molar-refractivity contribution in [2.45, 2.75) is 20.3 Å². The third-order valence-electron chi connectivity index (χ3n) is 2.04. The summed E-state index contributed by atoms with van der Waals surface area (Å²) in [6.45, 7) is 4.43. The molecule has 0 aromatic carbocycles. The van der Waals surface area contributed by atoms with Crippen LogP contribution in [-0.4, -0.2) is 0 Å². The summed E-state index contributed by atoms with van der Waals surface area (Å²) in [5.74, 6) is 0.613. The maximum atomic E-state index is 8.42. The highest BCUT2D eigenvalue weighted by molar-refractivity contribution is 9.12. The Hall–Kier alpha value is -0.290. The third kappa shape index (κ3) is 1.60. The van der Waals surface area contributed by atoms with Gasteiger partial charge in [0.15, 0.2) is 0 Å². The van der Waals surface area contributed by atoms with Crippen LogP contribution in [0.1, 0.15) is 20.3 Å². The van der Waals surface area contributed by atoms with Gasteiger partial charge in [-0.05, 0) is 33.7 Å². The molecule has 1 unspecified atom stereocenters. The molecule has 0 bridgehead atoms. The fourth-order valence-electron chi connectivity index (χ4n) is 1.01. The molecule has 1 rings (SSSR count). The summed E-state index contributed by atoms with van der Waals surface area (Å²) < 4.78 is 0.670. The Morgan fingerprint density at radius 1 is 1.80 bits per heavy atom. The van der Waals surface area contributed by atoms with E-state index in [0.29, 0.717) is 15.8 Å².